The van der Waals surface area contributed by atoms with E-state index >= 15 is 0 Å². The standard InChI is InChI=1S/C22H36N4O/c1-16-11-13-26(14-12-16)19-9-7-18(8-10-19)23-22(27)21-15-20(24-25-21)17-5-3-2-4-6-17/h15-19H,2-14H2,1H3,(H,23,27)(H,24,25). The molecule has 0 atom stereocenters. The number of nitrogens with zero attached hydrogens (tertiary/aromatic N) is 2. The van der Waals surface area contributed by atoms with E-state index in [0.29, 0.717) is 17.7 Å². The molecule has 2 heterocycles. The van der Waals surface area contributed by atoms with Crippen LogP contribution in [0, 0.1) is 5.92 Å². The van der Waals surface area contributed by atoms with E-state index in [2.05, 4.69) is 27.3 Å². The lowest BCUT2D eigenvalue weighted by molar-refractivity contribution is 0.0856. The van der Waals surface area contributed by atoms with Gasteiger partial charge < -0.3 is 10.2 Å². The van der Waals surface area contributed by atoms with Gasteiger partial charge in [-0.2, -0.15) is 5.10 Å². The van der Waals surface area contributed by atoms with Crippen molar-refractivity contribution < 1.29 is 4.79 Å². The number of H-pyrrole nitrogens is 1. The summed E-state index contributed by atoms with van der Waals surface area (Å²) in [5.41, 5.74) is 1.73. The SMILES string of the molecule is CC1CCN(C2CCC(NC(=O)c3cc(C4CCCCC4)[nH]n3)CC2)CC1. The molecule has 5 nitrogen and oxygen atoms in total. The van der Waals surface area contributed by atoms with E-state index in [9.17, 15) is 4.79 Å². The Morgan fingerprint density at radius 2 is 1.74 bits per heavy atom. The van der Waals surface area contributed by atoms with Gasteiger partial charge >= 0.3 is 0 Å². The Kier molecular flexibility index (Phi) is 6.16. The molecule has 1 aromatic heterocycles. The second kappa shape index (κ2) is 8.76. The molecule has 2 aliphatic carbocycles. The largest absolute Gasteiger partial charge is 0.348 e. The summed E-state index contributed by atoms with van der Waals surface area (Å²) >= 11 is 0. The number of rotatable bonds is 4. The van der Waals surface area contributed by atoms with Gasteiger partial charge in [0.05, 0.1) is 0 Å². The average molecular weight is 373 g/mol. The Balaban J connectivity index is 1.24. The number of piperidine rings is 1. The van der Waals surface area contributed by atoms with Crippen LogP contribution in [0.15, 0.2) is 6.07 Å². The van der Waals surface area contributed by atoms with Crippen LogP contribution in [0.5, 0.6) is 0 Å². The summed E-state index contributed by atoms with van der Waals surface area (Å²) in [6.07, 6.45) is 13.7. The molecule has 1 saturated heterocycles. The van der Waals surface area contributed by atoms with Gasteiger partial charge in [0, 0.05) is 23.7 Å². The van der Waals surface area contributed by atoms with Crippen LogP contribution in [0.25, 0.3) is 0 Å². The number of carbonyl (C=O) groups is 1. The highest BCUT2D eigenvalue weighted by Crippen LogP contribution is 2.32. The Labute approximate surface area is 163 Å². The van der Waals surface area contributed by atoms with Crippen molar-refractivity contribution in [1.82, 2.24) is 20.4 Å². The van der Waals surface area contributed by atoms with Crippen molar-refractivity contribution in [2.75, 3.05) is 13.1 Å². The molecule has 0 aromatic carbocycles. The topological polar surface area (TPSA) is 61.0 Å². The molecule has 1 aliphatic heterocycles. The Bertz CT molecular complexity index is 606. The summed E-state index contributed by atoms with van der Waals surface area (Å²) in [6, 6.07) is 3.03. The molecular formula is C22H36N4O. The lowest BCUT2D eigenvalue weighted by atomic mass is 9.87. The van der Waals surface area contributed by atoms with Crippen molar-refractivity contribution in [3.63, 3.8) is 0 Å². The number of likely N-dealkylation sites (tertiary alicyclic amines) is 1. The molecule has 0 spiro atoms. The smallest absolute Gasteiger partial charge is 0.271 e. The van der Waals surface area contributed by atoms with Crippen LogP contribution >= 0.6 is 0 Å². The molecule has 0 radical (unpaired) electrons. The first-order valence-electron chi connectivity index (χ1n) is 11.3. The molecule has 4 rings (SSSR count). The summed E-state index contributed by atoms with van der Waals surface area (Å²) in [4.78, 5) is 15.3. The molecule has 1 aromatic rings. The van der Waals surface area contributed by atoms with Crippen LogP contribution in [0.3, 0.4) is 0 Å². The molecule has 0 bridgehead atoms. The van der Waals surface area contributed by atoms with E-state index in [1.165, 1.54) is 70.9 Å². The van der Waals surface area contributed by atoms with E-state index in [0.717, 1.165) is 30.5 Å². The van der Waals surface area contributed by atoms with Crippen molar-refractivity contribution >= 4 is 5.91 Å². The first-order valence-corrected chi connectivity index (χ1v) is 11.3. The van der Waals surface area contributed by atoms with E-state index in [1.54, 1.807) is 0 Å². The predicted octanol–water partition coefficient (Wildman–Crippen LogP) is 4.23. The Morgan fingerprint density at radius 1 is 1.04 bits per heavy atom. The lowest BCUT2D eigenvalue weighted by Gasteiger charge is -2.40. The minimum atomic E-state index is 0.00329. The van der Waals surface area contributed by atoms with Gasteiger partial charge in [0.2, 0.25) is 0 Å². The fourth-order valence-electron chi connectivity index (χ4n) is 5.31. The van der Waals surface area contributed by atoms with Crippen molar-refractivity contribution in [2.45, 2.75) is 95.6 Å². The van der Waals surface area contributed by atoms with Gasteiger partial charge in [-0.25, -0.2) is 0 Å². The summed E-state index contributed by atoms with van der Waals surface area (Å²) in [6.45, 7) is 4.90. The number of aromatic nitrogens is 2. The van der Waals surface area contributed by atoms with Crippen LogP contribution in [0.2, 0.25) is 0 Å². The lowest BCUT2D eigenvalue weighted by Crippen LogP contribution is -2.46. The number of hydrogen-bond donors (Lipinski definition) is 2. The molecule has 5 heteroatoms. The third-order valence-electron chi connectivity index (χ3n) is 7.24. The zero-order valence-electron chi connectivity index (χ0n) is 16.9. The molecule has 3 aliphatic rings. The number of nitrogens with one attached hydrogen (secondary N) is 2. The highest BCUT2D eigenvalue weighted by atomic mass is 16.2. The van der Waals surface area contributed by atoms with Gasteiger partial charge in [-0.05, 0) is 76.4 Å². The third-order valence-corrected chi connectivity index (χ3v) is 7.24. The summed E-state index contributed by atoms with van der Waals surface area (Å²) in [5.74, 6) is 1.46. The minimum absolute atomic E-state index is 0.00329. The molecule has 150 valence electrons. The van der Waals surface area contributed by atoms with E-state index in [1.807, 2.05) is 6.07 Å². The maximum atomic E-state index is 12.6. The maximum absolute atomic E-state index is 12.6. The monoisotopic (exact) mass is 372 g/mol. The van der Waals surface area contributed by atoms with Gasteiger partial charge in [0.25, 0.3) is 5.91 Å². The molecule has 2 N–H and O–H groups in total. The van der Waals surface area contributed by atoms with Crippen molar-refractivity contribution in [3.05, 3.63) is 17.5 Å². The van der Waals surface area contributed by atoms with E-state index < -0.39 is 0 Å². The molecule has 0 unspecified atom stereocenters. The molecule has 27 heavy (non-hydrogen) atoms. The highest BCUT2D eigenvalue weighted by Gasteiger charge is 2.29. The second-order valence-corrected chi connectivity index (χ2v) is 9.24. The fourth-order valence-corrected chi connectivity index (χ4v) is 5.31. The summed E-state index contributed by atoms with van der Waals surface area (Å²) < 4.78 is 0. The van der Waals surface area contributed by atoms with Gasteiger partial charge in [0.1, 0.15) is 5.69 Å². The van der Waals surface area contributed by atoms with E-state index in [4.69, 9.17) is 0 Å². The van der Waals surface area contributed by atoms with Crippen LogP contribution in [0.4, 0.5) is 0 Å². The Morgan fingerprint density at radius 3 is 2.44 bits per heavy atom. The molecule has 2 saturated carbocycles. The average Bonchev–Trinajstić information content (AvgIpc) is 3.20. The zero-order valence-corrected chi connectivity index (χ0v) is 16.9. The Hall–Kier alpha value is -1.36. The predicted molar refractivity (Wildman–Crippen MR) is 108 cm³/mol. The second-order valence-electron chi connectivity index (χ2n) is 9.24. The molecule has 1 amide bonds. The number of carbonyl (C=O) groups excluding carboxylic acids is 1. The number of amides is 1. The van der Waals surface area contributed by atoms with Crippen LogP contribution in [-0.4, -0.2) is 46.2 Å². The van der Waals surface area contributed by atoms with Crippen LogP contribution in [0.1, 0.15) is 99.7 Å². The first-order chi connectivity index (χ1) is 13.2. The quantitative estimate of drug-likeness (QED) is 0.831. The summed E-state index contributed by atoms with van der Waals surface area (Å²) in [7, 11) is 0. The van der Waals surface area contributed by atoms with Crippen molar-refractivity contribution in [2.24, 2.45) is 5.92 Å². The fraction of sp³-hybridized carbons (Fsp3) is 0.818. The maximum Gasteiger partial charge on any atom is 0.271 e. The van der Waals surface area contributed by atoms with Gasteiger partial charge in [-0.15, -0.1) is 0 Å². The van der Waals surface area contributed by atoms with Crippen LogP contribution < -0.4 is 5.32 Å². The highest BCUT2D eigenvalue weighted by molar-refractivity contribution is 5.92. The minimum Gasteiger partial charge on any atom is -0.348 e. The summed E-state index contributed by atoms with van der Waals surface area (Å²) in [5, 5.41) is 10.7. The zero-order chi connectivity index (χ0) is 18.6. The van der Waals surface area contributed by atoms with Crippen LogP contribution in [-0.2, 0) is 0 Å². The first kappa shape index (κ1) is 19.0. The van der Waals surface area contributed by atoms with Gasteiger partial charge in [-0.3, -0.25) is 9.89 Å². The normalized spacial score (nSPS) is 28.9. The van der Waals surface area contributed by atoms with Crippen molar-refractivity contribution in [1.29, 1.82) is 0 Å². The third kappa shape index (κ3) is 4.74. The van der Waals surface area contributed by atoms with Crippen molar-refractivity contribution in [3.8, 4) is 0 Å². The molecular weight excluding hydrogens is 336 g/mol. The molecule has 3 fully saturated rings. The number of hydrogen-bond acceptors (Lipinski definition) is 3. The van der Waals surface area contributed by atoms with Gasteiger partial charge in [0.15, 0.2) is 0 Å². The van der Waals surface area contributed by atoms with E-state index in [-0.39, 0.29) is 5.91 Å². The number of aromatic amines is 1. The van der Waals surface area contributed by atoms with Gasteiger partial charge in [-0.1, -0.05) is 26.2 Å².